The summed E-state index contributed by atoms with van der Waals surface area (Å²) in [5, 5.41) is 16.7. The van der Waals surface area contributed by atoms with Crippen LogP contribution in [0.3, 0.4) is 0 Å². The van der Waals surface area contributed by atoms with Crippen molar-refractivity contribution < 1.29 is 14.7 Å². The molecule has 7 heteroatoms. The molecule has 1 aliphatic rings. The van der Waals surface area contributed by atoms with Crippen LogP contribution in [0.1, 0.15) is 37.5 Å². The van der Waals surface area contributed by atoms with E-state index in [1.54, 1.807) is 18.9 Å². The zero-order valence-corrected chi connectivity index (χ0v) is 21.9. The third-order valence-electron chi connectivity index (χ3n) is 6.19. The van der Waals surface area contributed by atoms with Crippen LogP contribution < -0.4 is 10.1 Å². The van der Waals surface area contributed by atoms with Gasteiger partial charge in [0.2, 0.25) is 0 Å². The summed E-state index contributed by atoms with van der Waals surface area (Å²) in [6.07, 6.45) is 2.48. The monoisotopic (exact) mass is 526 g/mol. The number of fused-ring (bicyclic) bond motifs is 1. The summed E-state index contributed by atoms with van der Waals surface area (Å²) in [5.41, 5.74) is 6.42. The molecule has 0 fully saturated rings. The van der Waals surface area contributed by atoms with Gasteiger partial charge in [-0.15, -0.1) is 23.1 Å². The topological polar surface area (TPSA) is 70.9 Å². The molecule has 1 aromatic heterocycles. The Morgan fingerprint density at radius 3 is 2.32 bits per heavy atom. The molecular formula is C30H26N2O3S2. The maximum absolute atomic E-state index is 13.5. The van der Waals surface area contributed by atoms with E-state index in [-0.39, 0.29) is 5.91 Å². The number of methoxy groups -OCH3 is 1. The van der Waals surface area contributed by atoms with Crippen molar-refractivity contribution in [2.45, 2.75) is 22.9 Å². The molecule has 4 aromatic rings. The number of nitrogens with one attached hydrogen (secondary N) is 1. The van der Waals surface area contributed by atoms with Gasteiger partial charge in [-0.05, 0) is 46.0 Å². The van der Waals surface area contributed by atoms with Gasteiger partial charge in [0.15, 0.2) is 0 Å². The van der Waals surface area contributed by atoms with E-state index in [1.807, 2.05) is 78.9 Å². The second kappa shape index (κ2) is 11.5. The van der Waals surface area contributed by atoms with E-state index in [4.69, 9.17) is 4.74 Å². The highest BCUT2D eigenvalue weighted by molar-refractivity contribution is 8.00. The van der Waals surface area contributed by atoms with Crippen LogP contribution in [0.5, 0.6) is 5.75 Å². The summed E-state index contributed by atoms with van der Waals surface area (Å²) >= 11 is 3.13. The molecular weight excluding hydrogens is 500 g/mol. The van der Waals surface area contributed by atoms with Crippen LogP contribution in [0.25, 0.3) is 5.57 Å². The van der Waals surface area contributed by atoms with E-state index in [0.29, 0.717) is 23.6 Å². The lowest BCUT2D eigenvalue weighted by Crippen LogP contribution is -2.23. The number of oxime groups is 1. The van der Waals surface area contributed by atoms with Gasteiger partial charge in [-0.25, -0.2) is 0 Å². The maximum atomic E-state index is 13.5. The second-order valence-corrected chi connectivity index (χ2v) is 10.8. The van der Waals surface area contributed by atoms with Crippen LogP contribution in [0.4, 0.5) is 0 Å². The fourth-order valence-corrected chi connectivity index (χ4v) is 6.79. The molecule has 2 N–H and O–H groups in total. The molecule has 0 saturated carbocycles. The molecule has 1 aliphatic carbocycles. The number of amides is 1. The van der Waals surface area contributed by atoms with Crippen LogP contribution in [0.15, 0.2) is 100 Å². The van der Waals surface area contributed by atoms with Crippen molar-refractivity contribution in [1.29, 1.82) is 0 Å². The summed E-state index contributed by atoms with van der Waals surface area (Å²) in [7, 11) is 1.64. The molecule has 1 heterocycles. The second-order valence-electron chi connectivity index (χ2n) is 8.57. The van der Waals surface area contributed by atoms with Crippen LogP contribution >= 0.6 is 23.1 Å². The number of benzene rings is 3. The zero-order chi connectivity index (χ0) is 25.6. The lowest BCUT2D eigenvalue weighted by Gasteiger charge is -2.18. The van der Waals surface area contributed by atoms with Gasteiger partial charge >= 0.3 is 0 Å². The van der Waals surface area contributed by atoms with E-state index < -0.39 is 0 Å². The van der Waals surface area contributed by atoms with Crippen molar-refractivity contribution in [2.24, 2.45) is 5.16 Å². The third kappa shape index (κ3) is 5.63. The van der Waals surface area contributed by atoms with Crippen LogP contribution in [-0.2, 0) is 18.7 Å². The van der Waals surface area contributed by atoms with E-state index in [0.717, 1.165) is 43.5 Å². The van der Waals surface area contributed by atoms with Gasteiger partial charge in [0.05, 0.1) is 16.2 Å². The zero-order valence-electron chi connectivity index (χ0n) is 20.3. The first-order valence-corrected chi connectivity index (χ1v) is 13.7. The highest BCUT2D eigenvalue weighted by atomic mass is 32.2. The van der Waals surface area contributed by atoms with Crippen LogP contribution in [0.2, 0.25) is 0 Å². The summed E-state index contributed by atoms with van der Waals surface area (Å²) in [6, 6.07) is 27.9. The molecule has 0 unspecified atom stereocenters. The van der Waals surface area contributed by atoms with E-state index in [2.05, 4.69) is 22.6 Å². The number of hydrogen-bond acceptors (Lipinski definition) is 6. The Labute approximate surface area is 224 Å². The average Bonchev–Trinajstić information content (AvgIpc) is 3.34. The molecule has 5 rings (SSSR count). The SMILES string of the molecule is COc1ccc(C2=C/C(=N\O)c3c(SCc4ccccc4)sc(C(=O)NCc4ccccc4)c3C2)cc1. The summed E-state index contributed by atoms with van der Waals surface area (Å²) in [4.78, 5) is 14.1. The van der Waals surface area contributed by atoms with Crippen molar-refractivity contribution in [1.82, 2.24) is 5.32 Å². The normalized spacial score (nSPS) is 13.6. The lowest BCUT2D eigenvalue weighted by atomic mass is 9.88. The first-order chi connectivity index (χ1) is 18.2. The van der Waals surface area contributed by atoms with E-state index in [9.17, 15) is 10.0 Å². The molecule has 37 heavy (non-hydrogen) atoms. The minimum Gasteiger partial charge on any atom is -0.497 e. The highest BCUT2D eigenvalue weighted by Gasteiger charge is 2.30. The minimum absolute atomic E-state index is 0.120. The largest absolute Gasteiger partial charge is 0.497 e. The first kappa shape index (κ1) is 24.9. The maximum Gasteiger partial charge on any atom is 0.261 e. The molecule has 0 bridgehead atoms. The van der Waals surface area contributed by atoms with Crippen molar-refractivity contribution >= 4 is 40.3 Å². The van der Waals surface area contributed by atoms with Gasteiger partial charge in [0, 0.05) is 24.3 Å². The summed E-state index contributed by atoms with van der Waals surface area (Å²) < 4.78 is 6.27. The summed E-state index contributed by atoms with van der Waals surface area (Å²) in [6.45, 7) is 0.445. The molecule has 0 aliphatic heterocycles. The van der Waals surface area contributed by atoms with Crippen molar-refractivity contribution in [2.75, 3.05) is 7.11 Å². The number of thiophene rings is 1. The molecule has 0 atom stereocenters. The van der Waals surface area contributed by atoms with Gasteiger partial charge in [0.25, 0.3) is 5.91 Å². The first-order valence-electron chi connectivity index (χ1n) is 11.9. The van der Waals surface area contributed by atoms with Gasteiger partial charge < -0.3 is 15.3 Å². The summed E-state index contributed by atoms with van der Waals surface area (Å²) in [5.74, 6) is 1.41. The third-order valence-corrected chi connectivity index (χ3v) is 8.77. The standard InChI is InChI=1S/C30H26N2O3S2/c1-35-24-14-12-22(13-15-24)23-16-25-27(26(17-23)32-34)30(36-19-21-10-6-3-7-11-21)37-28(25)29(33)31-18-20-8-4-2-5-9-20/h2-15,17,34H,16,18-19H2,1H3,(H,31,33)/b32-26+. The fraction of sp³-hybridized carbons (Fsp3) is 0.133. The lowest BCUT2D eigenvalue weighted by molar-refractivity contribution is 0.0954. The number of thioether (sulfide) groups is 1. The molecule has 1 amide bonds. The molecule has 0 radical (unpaired) electrons. The number of allylic oxidation sites excluding steroid dienone is 2. The Kier molecular flexibility index (Phi) is 7.73. The van der Waals surface area contributed by atoms with E-state index >= 15 is 0 Å². The predicted molar refractivity (Wildman–Crippen MR) is 151 cm³/mol. The number of carbonyl (C=O) groups excluding carboxylic acids is 1. The Hall–Kier alpha value is -3.81. The Bertz CT molecular complexity index is 1440. The Morgan fingerprint density at radius 1 is 1.00 bits per heavy atom. The molecule has 3 aromatic carbocycles. The predicted octanol–water partition coefficient (Wildman–Crippen LogP) is 6.80. The Balaban J connectivity index is 1.49. The smallest absolute Gasteiger partial charge is 0.261 e. The quantitative estimate of drug-likeness (QED) is 0.151. The van der Waals surface area contributed by atoms with Gasteiger partial charge in [-0.3, -0.25) is 4.79 Å². The minimum atomic E-state index is -0.120. The Morgan fingerprint density at radius 2 is 1.68 bits per heavy atom. The van der Waals surface area contributed by atoms with Gasteiger partial charge in [-0.1, -0.05) is 78.0 Å². The highest BCUT2D eigenvalue weighted by Crippen LogP contribution is 2.43. The van der Waals surface area contributed by atoms with Gasteiger partial charge in [-0.2, -0.15) is 0 Å². The van der Waals surface area contributed by atoms with Crippen LogP contribution in [-0.4, -0.2) is 23.9 Å². The van der Waals surface area contributed by atoms with E-state index in [1.165, 1.54) is 16.9 Å². The number of nitrogens with zero attached hydrogens (tertiary/aromatic N) is 1. The molecule has 5 nitrogen and oxygen atoms in total. The van der Waals surface area contributed by atoms with Gasteiger partial charge in [0.1, 0.15) is 11.5 Å². The van der Waals surface area contributed by atoms with Crippen LogP contribution in [0, 0.1) is 0 Å². The number of carbonyl (C=O) groups is 1. The molecule has 0 spiro atoms. The average molecular weight is 527 g/mol. The van der Waals surface area contributed by atoms with Crippen molar-refractivity contribution in [3.05, 3.63) is 124 Å². The number of ether oxygens (including phenoxy) is 1. The number of rotatable bonds is 8. The van der Waals surface area contributed by atoms with Crippen molar-refractivity contribution in [3.8, 4) is 5.75 Å². The molecule has 186 valence electrons. The number of hydrogen-bond donors (Lipinski definition) is 2. The fourth-order valence-electron chi connectivity index (χ4n) is 4.28. The molecule has 0 saturated heterocycles. The van der Waals surface area contributed by atoms with Crippen molar-refractivity contribution in [3.63, 3.8) is 0 Å².